The maximum absolute atomic E-state index is 5.65. The highest BCUT2D eigenvalue weighted by atomic mass is 16.5. The molecule has 17 heavy (non-hydrogen) atoms. The van der Waals surface area contributed by atoms with E-state index in [2.05, 4.69) is 19.3 Å². The molecule has 0 aromatic heterocycles. The molecule has 1 atom stereocenters. The van der Waals surface area contributed by atoms with Crippen LogP contribution >= 0.6 is 0 Å². The van der Waals surface area contributed by atoms with E-state index in [1.165, 1.54) is 6.42 Å². The zero-order valence-corrected chi connectivity index (χ0v) is 10.9. The van der Waals surface area contributed by atoms with Gasteiger partial charge in [-0.3, -0.25) is 11.3 Å². The summed E-state index contributed by atoms with van der Waals surface area (Å²) in [6.07, 6.45) is 3.24. The van der Waals surface area contributed by atoms with Gasteiger partial charge in [-0.1, -0.05) is 32.0 Å². The quantitative estimate of drug-likeness (QED) is 0.539. The van der Waals surface area contributed by atoms with E-state index >= 15 is 0 Å². The lowest BCUT2D eigenvalue weighted by Gasteiger charge is -2.17. The molecule has 0 aliphatic carbocycles. The van der Waals surface area contributed by atoms with Gasteiger partial charge in [-0.2, -0.15) is 0 Å². The zero-order chi connectivity index (χ0) is 12.5. The van der Waals surface area contributed by atoms with Crippen molar-refractivity contribution >= 4 is 0 Å². The van der Waals surface area contributed by atoms with E-state index in [4.69, 9.17) is 10.6 Å². The second kappa shape index (κ2) is 8.09. The molecule has 96 valence electrons. The number of hydrogen-bond acceptors (Lipinski definition) is 3. The third-order valence-electron chi connectivity index (χ3n) is 2.81. The summed E-state index contributed by atoms with van der Waals surface area (Å²) >= 11 is 0. The van der Waals surface area contributed by atoms with Gasteiger partial charge in [0.05, 0.1) is 6.61 Å². The molecule has 0 spiro atoms. The van der Waals surface area contributed by atoms with Crippen molar-refractivity contribution in [2.45, 2.75) is 39.2 Å². The smallest absolute Gasteiger partial charge is 0.119 e. The predicted octanol–water partition coefficient (Wildman–Crippen LogP) is 2.72. The normalized spacial score (nSPS) is 12.7. The molecule has 0 amide bonds. The van der Waals surface area contributed by atoms with Crippen molar-refractivity contribution in [2.24, 2.45) is 11.8 Å². The van der Waals surface area contributed by atoms with Gasteiger partial charge >= 0.3 is 0 Å². The highest BCUT2D eigenvalue weighted by molar-refractivity contribution is 5.20. The lowest BCUT2D eigenvalue weighted by molar-refractivity contribution is 0.276. The topological polar surface area (TPSA) is 47.3 Å². The summed E-state index contributed by atoms with van der Waals surface area (Å²) in [5, 5.41) is 0. The first-order valence-electron chi connectivity index (χ1n) is 6.36. The molecule has 1 rings (SSSR count). The van der Waals surface area contributed by atoms with Gasteiger partial charge in [-0.25, -0.2) is 0 Å². The Morgan fingerprint density at radius 2 is 1.82 bits per heavy atom. The summed E-state index contributed by atoms with van der Waals surface area (Å²) < 4.78 is 5.65. The van der Waals surface area contributed by atoms with Crippen molar-refractivity contribution in [3.8, 4) is 5.75 Å². The summed E-state index contributed by atoms with van der Waals surface area (Å²) in [5.41, 5.74) is 2.86. The molecule has 0 aliphatic rings. The Hall–Kier alpha value is -1.06. The van der Waals surface area contributed by atoms with Gasteiger partial charge in [0.15, 0.2) is 0 Å². The number of hydrazine groups is 1. The molecule has 3 N–H and O–H groups in total. The van der Waals surface area contributed by atoms with Crippen molar-refractivity contribution in [1.29, 1.82) is 0 Å². The number of benzene rings is 1. The zero-order valence-electron chi connectivity index (χ0n) is 10.9. The summed E-state index contributed by atoms with van der Waals surface area (Å²) in [6, 6.07) is 10.2. The molecule has 3 heteroatoms. The number of ether oxygens (including phenoxy) is 1. The van der Waals surface area contributed by atoms with Crippen molar-refractivity contribution in [1.82, 2.24) is 5.43 Å². The summed E-state index contributed by atoms with van der Waals surface area (Å²) in [6.45, 7) is 5.17. The van der Waals surface area contributed by atoms with Crippen LogP contribution in [-0.2, 0) is 0 Å². The standard InChI is InChI=1S/C14H24N2O/c1-12(2)8-9-13(16-15)10-11-17-14-6-4-3-5-7-14/h3-7,12-13,16H,8-11,15H2,1-2H3. The largest absolute Gasteiger partial charge is 0.494 e. The van der Waals surface area contributed by atoms with Gasteiger partial charge < -0.3 is 4.74 Å². The molecule has 1 aromatic carbocycles. The fraction of sp³-hybridized carbons (Fsp3) is 0.571. The Bertz CT molecular complexity index is 288. The Morgan fingerprint density at radius 1 is 1.12 bits per heavy atom. The summed E-state index contributed by atoms with van der Waals surface area (Å²) in [7, 11) is 0. The van der Waals surface area contributed by atoms with Gasteiger partial charge in [-0.15, -0.1) is 0 Å². The molecular formula is C14H24N2O. The molecule has 0 saturated carbocycles. The van der Waals surface area contributed by atoms with E-state index < -0.39 is 0 Å². The van der Waals surface area contributed by atoms with Gasteiger partial charge in [0.25, 0.3) is 0 Å². The highest BCUT2D eigenvalue weighted by Gasteiger charge is 2.07. The Kier molecular flexibility index (Phi) is 6.67. The summed E-state index contributed by atoms with van der Waals surface area (Å²) in [5.74, 6) is 7.18. The lowest BCUT2D eigenvalue weighted by atomic mass is 10.0. The van der Waals surface area contributed by atoms with Crippen molar-refractivity contribution < 1.29 is 4.74 Å². The van der Waals surface area contributed by atoms with Gasteiger partial charge in [0.1, 0.15) is 5.75 Å². The van der Waals surface area contributed by atoms with Crippen LogP contribution < -0.4 is 16.0 Å². The fourth-order valence-electron chi connectivity index (χ4n) is 1.68. The van der Waals surface area contributed by atoms with Crippen LogP contribution in [0.25, 0.3) is 0 Å². The van der Waals surface area contributed by atoms with Gasteiger partial charge in [0, 0.05) is 6.04 Å². The number of nitrogens with one attached hydrogen (secondary N) is 1. The van der Waals surface area contributed by atoms with Crippen LogP contribution in [0.1, 0.15) is 33.1 Å². The van der Waals surface area contributed by atoms with Gasteiger partial charge in [-0.05, 0) is 37.3 Å². The summed E-state index contributed by atoms with van der Waals surface area (Å²) in [4.78, 5) is 0. The van der Waals surface area contributed by atoms with Crippen LogP contribution in [0.3, 0.4) is 0 Å². The average molecular weight is 236 g/mol. The van der Waals surface area contributed by atoms with Crippen LogP contribution in [0.15, 0.2) is 30.3 Å². The van der Waals surface area contributed by atoms with Gasteiger partial charge in [0.2, 0.25) is 0 Å². The molecule has 0 bridgehead atoms. The molecule has 0 saturated heterocycles. The molecule has 3 nitrogen and oxygen atoms in total. The number of hydrogen-bond donors (Lipinski definition) is 2. The van der Waals surface area contributed by atoms with E-state index in [9.17, 15) is 0 Å². The van der Waals surface area contributed by atoms with Crippen LogP contribution in [0.2, 0.25) is 0 Å². The highest BCUT2D eigenvalue weighted by Crippen LogP contribution is 2.11. The molecular weight excluding hydrogens is 212 g/mol. The van der Waals surface area contributed by atoms with E-state index in [0.717, 1.165) is 24.5 Å². The molecule has 1 unspecified atom stereocenters. The van der Waals surface area contributed by atoms with Crippen LogP contribution in [0.5, 0.6) is 5.75 Å². The minimum Gasteiger partial charge on any atom is -0.494 e. The van der Waals surface area contributed by atoms with E-state index in [1.807, 2.05) is 30.3 Å². The number of rotatable bonds is 8. The predicted molar refractivity (Wildman–Crippen MR) is 71.7 cm³/mol. The fourth-order valence-corrected chi connectivity index (χ4v) is 1.68. The minimum absolute atomic E-state index is 0.348. The molecule has 0 aliphatic heterocycles. The van der Waals surface area contributed by atoms with Crippen LogP contribution in [-0.4, -0.2) is 12.6 Å². The first kappa shape index (κ1) is 14.0. The van der Waals surface area contributed by atoms with Crippen molar-refractivity contribution in [3.05, 3.63) is 30.3 Å². The second-order valence-corrected chi connectivity index (χ2v) is 4.78. The molecule has 0 fully saturated rings. The minimum atomic E-state index is 0.348. The second-order valence-electron chi connectivity index (χ2n) is 4.78. The Morgan fingerprint density at radius 3 is 2.41 bits per heavy atom. The van der Waals surface area contributed by atoms with E-state index in [-0.39, 0.29) is 0 Å². The first-order valence-corrected chi connectivity index (χ1v) is 6.36. The van der Waals surface area contributed by atoms with E-state index in [1.54, 1.807) is 0 Å². The third kappa shape index (κ3) is 6.29. The number of para-hydroxylation sites is 1. The lowest BCUT2D eigenvalue weighted by Crippen LogP contribution is -2.36. The molecule has 0 heterocycles. The SMILES string of the molecule is CC(C)CCC(CCOc1ccccc1)NN. The van der Waals surface area contributed by atoms with Crippen LogP contribution in [0.4, 0.5) is 0 Å². The van der Waals surface area contributed by atoms with Crippen molar-refractivity contribution in [2.75, 3.05) is 6.61 Å². The maximum atomic E-state index is 5.65. The molecule has 0 radical (unpaired) electrons. The molecule has 1 aromatic rings. The monoisotopic (exact) mass is 236 g/mol. The average Bonchev–Trinajstić information content (AvgIpc) is 2.34. The first-order chi connectivity index (χ1) is 8.22. The van der Waals surface area contributed by atoms with Crippen molar-refractivity contribution in [3.63, 3.8) is 0 Å². The number of nitrogens with two attached hydrogens (primary N) is 1. The van der Waals surface area contributed by atoms with Crippen LogP contribution in [0, 0.1) is 5.92 Å². The Balaban J connectivity index is 2.19. The maximum Gasteiger partial charge on any atom is 0.119 e. The Labute approximate surface area is 104 Å². The third-order valence-corrected chi connectivity index (χ3v) is 2.81. The van der Waals surface area contributed by atoms with E-state index in [0.29, 0.717) is 12.6 Å².